The Morgan fingerprint density at radius 1 is 1.19 bits per heavy atom. The summed E-state index contributed by atoms with van der Waals surface area (Å²) in [6.45, 7) is 3.29. The molecule has 0 amide bonds. The molecule has 1 aromatic heterocycles. The highest BCUT2D eigenvalue weighted by atomic mass is 35.5. The van der Waals surface area contributed by atoms with Crippen LogP contribution < -0.4 is 10.2 Å². The minimum Gasteiger partial charge on any atom is -0.378 e. The number of benzene rings is 1. The Kier molecular flexibility index (Phi) is 4.43. The van der Waals surface area contributed by atoms with Gasteiger partial charge in [-0.3, -0.25) is 0 Å². The molecule has 0 spiro atoms. The summed E-state index contributed by atoms with van der Waals surface area (Å²) in [6.07, 6.45) is 1.48. The Bertz CT molecular complexity index is 632. The van der Waals surface area contributed by atoms with Crippen LogP contribution in [-0.4, -0.2) is 36.3 Å². The highest BCUT2D eigenvalue weighted by Gasteiger charge is 2.12. The number of aromatic nitrogens is 2. The molecule has 3 rings (SSSR count). The number of rotatable bonds is 3. The van der Waals surface area contributed by atoms with E-state index in [0.717, 1.165) is 37.7 Å². The summed E-state index contributed by atoms with van der Waals surface area (Å²) in [5.41, 5.74) is 2.04. The standard InChI is InChI=1S/C14H14Cl2N4O/c15-12-9-17-14(16)19-13(12)18-10-2-1-3-11(8-10)20-4-6-21-7-5-20/h1-3,8-9H,4-7H2,(H,17,18,19). The van der Waals surface area contributed by atoms with E-state index >= 15 is 0 Å². The first-order valence-corrected chi connectivity index (χ1v) is 7.36. The third-order valence-corrected chi connectivity index (χ3v) is 3.66. The molecule has 0 aliphatic carbocycles. The van der Waals surface area contributed by atoms with E-state index in [9.17, 15) is 0 Å². The first kappa shape index (κ1) is 14.4. The van der Waals surface area contributed by atoms with Gasteiger partial charge >= 0.3 is 0 Å². The molecule has 0 bridgehead atoms. The fourth-order valence-electron chi connectivity index (χ4n) is 2.17. The van der Waals surface area contributed by atoms with E-state index in [1.807, 2.05) is 12.1 Å². The third-order valence-electron chi connectivity index (χ3n) is 3.20. The van der Waals surface area contributed by atoms with E-state index < -0.39 is 0 Å². The molecular weight excluding hydrogens is 311 g/mol. The van der Waals surface area contributed by atoms with Crippen molar-refractivity contribution in [2.75, 3.05) is 36.5 Å². The molecule has 21 heavy (non-hydrogen) atoms. The largest absolute Gasteiger partial charge is 0.378 e. The van der Waals surface area contributed by atoms with Gasteiger partial charge in [0.1, 0.15) is 5.02 Å². The fourth-order valence-corrected chi connectivity index (χ4v) is 2.44. The second kappa shape index (κ2) is 6.47. The zero-order valence-corrected chi connectivity index (χ0v) is 12.7. The smallest absolute Gasteiger partial charge is 0.224 e. The molecule has 0 radical (unpaired) electrons. The molecule has 0 atom stereocenters. The van der Waals surface area contributed by atoms with Crippen molar-refractivity contribution in [3.63, 3.8) is 0 Å². The second-order valence-electron chi connectivity index (χ2n) is 4.61. The van der Waals surface area contributed by atoms with Crippen LogP contribution in [0, 0.1) is 0 Å². The number of hydrogen-bond donors (Lipinski definition) is 1. The summed E-state index contributed by atoms with van der Waals surface area (Å²) in [6, 6.07) is 8.07. The van der Waals surface area contributed by atoms with Gasteiger partial charge in [0.2, 0.25) is 5.28 Å². The molecule has 7 heteroatoms. The van der Waals surface area contributed by atoms with Crippen LogP contribution in [0.3, 0.4) is 0 Å². The van der Waals surface area contributed by atoms with Gasteiger partial charge in [-0.05, 0) is 29.8 Å². The topological polar surface area (TPSA) is 50.3 Å². The first-order valence-electron chi connectivity index (χ1n) is 6.60. The van der Waals surface area contributed by atoms with Crippen LogP contribution in [0.15, 0.2) is 30.5 Å². The summed E-state index contributed by atoms with van der Waals surface area (Å²) < 4.78 is 5.37. The van der Waals surface area contributed by atoms with Crippen LogP contribution in [-0.2, 0) is 4.74 Å². The molecule has 2 heterocycles. The van der Waals surface area contributed by atoms with Crippen molar-refractivity contribution in [2.45, 2.75) is 0 Å². The number of ether oxygens (including phenoxy) is 1. The predicted molar refractivity (Wildman–Crippen MR) is 84.8 cm³/mol. The Morgan fingerprint density at radius 2 is 2.00 bits per heavy atom. The molecule has 1 fully saturated rings. The van der Waals surface area contributed by atoms with Crippen molar-refractivity contribution in [1.29, 1.82) is 0 Å². The van der Waals surface area contributed by atoms with Gasteiger partial charge in [0.15, 0.2) is 5.82 Å². The maximum atomic E-state index is 6.06. The molecule has 1 aliphatic heterocycles. The molecule has 1 aromatic carbocycles. The van der Waals surface area contributed by atoms with Crippen LogP contribution in [0.25, 0.3) is 0 Å². The summed E-state index contributed by atoms with van der Waals surface area (Å²) >= 11 is 11.9. The molecular formula is C14H14Cl2N4O. The zero-order valence-electron chi connectivity index (χ0n) is 11.2. The van der Waals surface area contributed by atoms with E-state index in [0.29, 0.717) is 10.8 Å². The van der Waals surface area contributed by atoms with Crippen molar-refractivity contribution in [3.8, 4) is 0 Å². The highest BCUT2D eigenvalue weighted by Crippen LogP contribution is 2.26. The van der Waals surface area contributed by atoms with Crippen LogP contribution in [0.1, 0.15) is 0 Å². The SMILES string of the molecule is Clc1ncc(Cl)c(Nc2cccc(N3CCOCC3)c2)n1. The molecule has 110 valence electrons. The Balaban J connectivity index is 1.81. The van der Waals surface area contributed by atoms with E-state index in [-0.39, 0.29) is 5.28 Å². The lowest BCUT2D eigenvalue weighted by Crippen LogP contribution is -2.36. The molecule has 0 unspecified atom stereocenters. The summed E-state index contributed by atoms with van der Waals surface area (Å²) in [5, 5.41) is 3.75. The summed E-state index contributed by atoms with van der Waals surface area (Å²) in [5.74, 6) is 0.496. The molecule has 1 saturated heterocycles. The monoisotopic (exact) mass is 324 g/mol. The van der Waals surface area contributed by atoms with Gasteiger partial charge in [-0.2, -0.15) is 4.98 Å². The number of nitrogens with one attached hydrogen (secondary N) is 1. The van der Waals surface area contributed by atoms with Crippen LogP contribution in [0.2, 0.25) is 10.3 Å². The maximum absolute atomic E-state index is 6.06. The van der Waals surface area contributed by atoms with Gasteiger partial charge in [0.05, 0.1) is 19.4 Å². The van der Waals surface area contributed by atoms with Crippen LogP contribution >= 0.6 is 23.2 Å². The molecule has 1 N–H and O–H groups in total. The van der Waals surface area contributed by atoms with E-state index in [4.69, 9.17) is 27.9 Å². The van der Waals surface area contributed by atoms with Crippen molar-refractivity contribution >= 4 is 40.4 Å². The molecule has 5 nitrogen and oxygen atoms in total. The molecule has 1 aliphatic rings. The van der Waals surface area contributed by atoms with Gasteiger partial charge in [-0.25, -0.2) is 4.98 Å². The lowest BCUT2D eigenvalue weighted by Gasteiger charge is -2.29. The number of anilines is 3. The van der Waals surface area contributed by atoms with E-state index in [1.54, 1.807) is 0 Å². The summed E-state index contributed by atoms with van der Waals surface area (Å²) in [4.78, 5) is 10.2. The normalized spacial score (nSPS) is 15.0. The fraction of sp³-hybridized carbons (Fsp3) is 0.286. The van der Waals surface area contributed by atoms with E-state index in [2.05, 4.69) is 32.3 Å². The average Bonchev–Trinajstić information content (AvgIpc) is 2.52. The lowest BCUT2D eigenvalue weighted by molar-refractivity contribution is 0.122. The average molecular weight is 325 g/mol. The summed E-state index contributed by atoms with van der Waals surface area (Å²) in [7, 11) is 0. The number of halogens is 2. The number of hydrogen-bond acceptors (Lipinski definition) is 5. The van der Waals surface area contributed by atoms with Crippen LogP contribution in [0.4, 0.5) is 17.2 Å². The van der Waals surface area contributed by atoms with Crippen molar-refractivity contribution in [2.24, 2.45) is 0 Å². The lowest BCUT2D eigenvalue weighted by atomic mass is 10.2. The highest BCUT2D eigenvalue weighted by molar-refractivity contribution is 6.33. The predicted octanol–water partition coefficient (Wildman–Crippen LogP) is 3.36. The molecule has 0 saturated carbocycles. The van der Waals surface area contributed by atoms with Crippen molar-refractivity contribution < 1.29 is 4.74 Å². The second-order valence-corrected chi connectivity index (χ2v) is 5.36. The minimum atomic E-state index is 0.159. The maximum Gasteiger partial charge on any atom is 0.224 e. The number of nitrogens with zero attached hydrogens (tertiary/aromatic N) is 3. The van der Waals surface area contributed by atoms with Gasteiger partial charge in [0, 0.05) is 24.5 Å². The Morgan fingerprint density at radius 3 is 2.81 bits per heavy atom. The quantitative estimate of drug-likeness (QED) is 0.877. The minimum absolute atomic E-state index is 0.159. The van der Waals surface area contributed by atoms with Gasteiger partial charge in [-0.15, -0.1) is 0 Å². The van der Waals surface area contributed by atoms with Gasteiger partial charge in [0.25, 0.3) is 0 Å². The molecule has 2 aromatic rings. The Hall–Kier alpha value is -1.56. The zero-order chi connectivity index (χ0) is 14.7. The van der Waals surface area contributed by atoms with Crippen molar-refractivity contribution in [1.82, 2.24) is 9.97 Å². The Labute approximate surface area is 132 Å². The third kappa shape index (κ3) is 3.56. The van der Waals surface area contributed by atoms with Gasteiger partial charge in [-0.1, -0.05) is 17.7 Å². The first-order chi connectivity index (χ1) is 10.2. The van der Waals surface area contributed by atoms with Crippen LogP contribution in [0.5, 0.6) is 0 Å². The van der Waals surface area contributed by atoms with E-state index in [1.165, 1.54) is 6.20 Å². The van der Waals surface area contributed by atoms with Crippen molar-refractivity contribution in [3.05, 3.63) is 40.8 Å². The number of morpholine rings is 1. The van der Waals surface area contributed by atoms with Gasteiger partial charge < -0.3 is 15.0 Å².